The third-order valence-electron chi connectivity index (χ3n) is 0.655. The summed E-state index contributed by atoms with van der Waals surface area (Å²) in [7, 11) is 0. The first kappa shape index (κ1) is 7.10. The van der Waals surface area contributed by atoms with Crippen molar-refractivity contribution in [1.82, 2.24) is 5.06 Å². The normalized spacial score (nSPS) is 8.25. The average Bonchev–Trinajstić information content (AvgIpc) is 1.84. The van der Waals surface area contributed by atoms with Crippen LogP contribution in [0.25, 0.3) is 0 Å². The first-order valence-electron chi connectivity index (χ1n) is 2.18. The Morgan fingerprint density at radius 2 is 2.38 bits per heavy atom. The monoisotopic (exact) mass is 117 g/mol. The molecule has 0 aliphatic carbocycles. The van der Waals surface area contributed by atoms with Crippen LogP contribution in [0.1, 0.15) is 6.92 Å². The molecule has 1 amide bonds. The quantitative estimate of drug-likeness (QED) is 0.228. The maximum absolute atomic E-state index is 10.1. The molecule has 0 aromatic heterocycles. The van der Waals surface area contributed by atoms with Crippen LogP contribution in [0.5, 0.6) is 0 Å². The summed E-state index contributed by atoms with van der Waals surface area (Å²) in [6.45, 7) is 1.69. The Labute approximate surface area is 46.7 Å². The van der Waals surface area contributed by atoms with E-state index in [1.165, 1.54) is 0 Å². The fourth-order valence-electron chi connectivity index (χ4n) is 0.217. The summed E-state index contributed by atoms with van der Waals surface area (Å²) in [4.78, 5) is 19.6. The molecular weight excluding hydrogens is 110 g/mol. The molecule has 0 spiro atoms. The molecule has 0 fully saturated rings. The maximum Gasteiger partial charge on any atom is 0.309 e. The number of carbonyl (C=O) groups excluding carboxylic acids is 2. The minimum Gasteiger partial charge on any atom is -0.292 e. The van der Waals surface area contributed by atoms with E-state index in [1.807, 2.05) is 0 Å². The van der Waals surface area contributed by atoms with Crippen LogP contribution in [0.15, 0.2) is 0 Å². The van der Waals surface area contributed by atoms with Gasteiger partial charge < -0.3 is 0 Å². The zero-order chi connectivity index (χ0) is 6.57. The van der Waals surface area contributed by atoms with Gasteiger partial charge in [-0.2, -0.15) is 0 Å². The van der Waals surface area contributed by atoms with Crippen molar-refractivity contribution >= 4 is 12.2 Å². The van der Waals surface area contributed by atoms with Gasteiger partial charge in [-0.25, -0.2) is 5.06 Å². The molecule has 0 aliphatic heterocycles. The predicted octanol–water partition coefficient (Wildman–Crippen LogP) is -0.577. The second-order valence-corrected chi connectivity index (χ2v) is 1.17. The molecule has 4 heteroatoms. The van der Waals surface area contributed by atoms with E-state index in [0.29, 0.717) is 5.06 Å². The van der Waals surface area contributed by atoms with Crippen LogP contribution in [0.3, 0.4) is 0 Å². The lowest BCUT2D eigenvalue weighted by atomic mass is 10.6. The van der Waals surface area contributed by atoms with Gasteiger partial charge in [0.15, 0.2) is 0 Å². The van der Waals surface area contributed by atoms with E-state index < -0.39 is 5.91 Å². The van der Waals surface area contributed by atoms with Crippen molar-refractivity contribution in [2.24, 2.45) is 0 Å². The van der Waals surface area contributed by atoms with Crippen molar-refractivity contribution in [2.75, 3.05) is 6.54 Å². The average molecular weight is 117 g/mol. The number of rotatable bonds is 2. The van der Waals surface area contributed by atoms with Crippen LogP contribution in [-0.2, 0) is 9.59 Å². The second-order valence-electron chi connectivity index (χ2n) is 1.17. The molecule has 0 saturated carbocycles. The van der Waals surface area contributed by atoms with E-state index in [0.717, 1.165) is 0 Å². The molecule has 1 N–H and O–H groups in total. The summed E-state index contributed by atoms with van der Waals surface area (Å²) < 4.78 is 0. The summed E-state index contributed by atoms with van der Waals surface area (Å²) in [6, 6.07) is 0. The van der Waals surface area contributed by atoms with Gasteiger partial charge in [-0.15, -0.1) is 0 Å². The highest BCUT2D eigenvalue weighted by molar-refractivity contribution is 6.23. The van der Waals surface area contributed by atoms with Crippen LogP contribution in [-0.4, -0.2) is 29.0 Å². The lowest BCUT2D eigenvalue weighted by Crippen LogP contribution is -2.27. The van der Waals surface area contributed by atoms with Crippen LogP contribution < -0.4 is 0 Å². The highest BCUT2D eigenvalue weighted by atomic mass is 16.5. The van der Waals surface area contributed by atoms with E-state index in [2.05, 4.69) is 0 Å². The Bertz CT molecular complexity index is 101. The standard InChI is InChI=1S/C4H7NO3/c1-2-5(8)4(7)3-6/h3,8H,2H2,1H3. The van der Waals surface area contributed by atoms with Gasteiger partial charge in [0.05, 0.1) is 0 Å². The topological polar surface area (TPSA) is 57.6 Å². The van der Waals surface area contributed by atoms with E-state index in [9.17, 15) is 9.59 Å². The molecule has 0 bridgehead atoms. The second kappa shape index (κ2) is 3.15. The summed E-state index contributed by atoms with van der Waals surface area (Å²) in [5.74, 6) is -0.910. The Kier molecular flexibility index (Phi) is 2.79. The predicted molar refractivity (Wildman–Crippen MR) is 25.2 cm³/mol. The molecule has 0 aromatic rings. The van der Waals surface area contributed by atoms with Gasteiger partial charge >= 0.3 is 5.91 Å². The third kappa shape index (κ3) is 1.70. The molecule has 0 aliphatic rings. The number of hydrogen-bond donors (Lipinski definition) is 1. The van der Waals surface area contributed by atoms with Crippen LogP contribution in [0.2, 0.25) is 0 Å². The highest BCUT2D eigenvalue weighted by Gasteiger charge is 2.03. The van der Waals surface area contributed by atoms with Gasteiger partial charge in [0.2, 0.25) is 6.29 Å². The van der Waals surface area contributed by atoms with Crippen molar-refractivity contribution in [3.63, 3.8) is 0 Å². The Balaban J connectivity index is 3.62. The smallest absolute Gasteiger partial charge is 0.292 e. The molecule has 0 atom stereocenters. The van der Waals surface area contributed by atoms with Gasteiger partial charge in [0.25, 0.3) is 0 Å². The van der Waals surface area contributed by atoms with Gasteiger partial charge in [0, 0.05) is 6.54 Å². The molecule has 0 saturated heterocycles. The fraction of sp³-hybridized carbons (Fsp3) is 0.500. The van der Waals surface area contributed by atoms with E-state index >= 15 is 0 Å². The lowest BCUT2D eigenvalue weighted by Gasteiger charge is -2.05. The van der Waals surface area contributed by atoms with Crippen molar-refractivity contribution in [2.45, 2.75) is 6.92 Å². The summed E-state index contributed by atoms with van der Waals surface area (Å²) in [5, 5.41) is 8.72. The van der Waals surface area contributed by atoms with Crippen molar-refractivity contribution in [3.8, 4) is 0 Å². The van der Waals surface area contributed by atoms with E-state index in [1.54, 1.807) is 6.92 Å². The number of hydrogen-bond acceptors (Lipinski definition) is 3. The van der Waals surface area contributed by atoms with Gasteiger partial charge in [-0.05, 0) is 6.92 Å². The van der Waals surface area contributed by atoms with E-state index in [-0.39, 0.29) is 12.8 Å². The zero-order valence-electron chi connectivity index (χ0n) is 4.50. The Morgan fingerprint density at radius 3 is 2.50 bits per heavy atom. The number of hydroxylamine groups is 2. The highest BCUT2D eigenvalue weighted by Crippen LogP contribution is 1.76. The van der Waals surface area contributed by atoms with Crippen molar-refractivity contribution in [3.05, 3.63) is 0 Å². The maximum atomic E-state index is 10.1. The Morgan fingerprint density at radius 1 is 1.88 bits per heavy atom. The largest absolute Gasteiger partial charge is 0.309 e. The molecule has 0 rings (SSSR count). The summed E-state index contributed by atoms with van der Waals surface area (Å²) >= 11 is 0. The fourth-order valence-corrected chi connectivity index (χ4v) is 0.217. The van der Waals surface area contributed by atoms with Crippen molar-refractivity contribution in [1.29, 1.82) is 0 Å². The lowest BCUT2D eigenvalue weighted by molar-refractivity contribution is -0.165. The molecule has 0 radical (unpaired) electrons. The molecular formula is C4H7NO3. The third-order valence-corrected chi connectivity index (χ3v) is 0.655. The Hall–Kier alpha value is -0.900. The number of carbonyl (C=O) groups is 2. The SMILES string of the molecule is CCN(O)C(=O)C=O. The zero-order valence-corrected chi connectivity index (χ0v) is 4.50. The van der Waals surface area contributed by atoms with Crippen LogP contribution in [0, 0.1) is 0 Å². The number of nitrogens with zero attached hydrogens (tertiary/aromatic N) is 1. The van der Waals surface area contributed by atoms with Crippen molar-refractivity contribution < 1.29 is 14.8 Å². The molecule has 0 unspecified atom stereocenters. The minimum atomic E-state index is -0.910. The van der Waals surface area contributed by atoms with Gasteiger partial charge in [0.1, 0.15) is 0 Å². The molecule has 8 heavy (non-hydrogen) atoms. The van der Waals surface area contributed by atoms with Crippen LogP contribution in [0.4, 0.5) is 0 Å². The number of likely N-dealkylation sites (N-methyl/N-ethyl adjacent to an activating group) is 1. The first-order valence-corrected chi connectivity index (χ1v) is 2.18. The number of amides is 1. The molecule has 46 valence electrons. The van der Waals surface area contributed by atoms with Gasteiger partial charge in [-0.3, -0.25) is 14.8 Å². The summed E-state index contributed by atoms with van der Waals surface area (Å²) in [6.07, 6.45) is 0.0590. The van der Waals surface area contributed by atoms with E-state index in [4.69, 9.17) is 5.21 Å². The molecule has 4 nitrogen and oxygen atoms in total. The van der Waals surface area contributed by atoms with Gasteiger partial charge in [-0.1, -0.05) is 0 Å². The number of aldehydes is 1. The van der Waals surface area contributed by atoms with Crippen LogP contribution >= 0.6 is 0 Å². The molecule has 0 heterocycles. The summed E-state index contributed by atoms with van der Waals surface area (Å²) in [5.41, 5.74) is 0. The first-order chi connectivity index (χ1) is 3.72. The minimum absolute atomic E-state index is 0.0590. The molecule has 0 aromatic carbocycles.